The lowest BCUT2D eigenvalue weighted by Gasteiger charge is -2.34. The van der Waals surface area contributed by atoms with Gasteiger partial charge >= 0.3 is 0 Å². The maximum Gasteiger partial charge on any atom is 0.243 e. The quantitative estimate of drug-likeness (QED) is 0.861. The van der Waals surface area contributed by atoms with Crippen LogP contribution in [0.15, 0.2) is 16.6 Å². The third-order valence-corrected chi connectivity index (χ3v) is 3.17. The maximum absolute atomic E-state index is 13.3. The first-order valence-electron chi connectivity index (χ1n) is 5.04. The van der Waals surface area contributed by atoms with Crippen LogP contribution in [0.4, 0.5) is 15.8 Å². The summed E-state index contributed by atoms with van der Waals surface area (Å²) in [6.07, 6.45) is 0. The molecular formula is C11H12BrFN2O. The maximum atomic E-state index is 13.3. The lowest BCUT2D eigenvalue weighted by atomic mass is 10.1. The van der Waals surface area contributed by atoms with Gasteiger partial charge in [0.1, 0.15) is 5.82 Å². The molecule has 0 saturated carbocycles. The standard InChI is InChI=1S/C11H12BrFN2O/c1-6(2)15-5-11(16)14-9-4-8(13)7(12)3-10(9)15/h3-4,6H,5H2,1-2H3,(H,14,16). The minimum absolute atomic E-state index is 0.108. The molecule has 1 N–H and O–H groups in total. The number of hydrogen-bond acceptors (Lipinski definition) is 2. The molecular weight excluding hydrogens is 275 g/mol. The van der Waals surface area contributed by atoms with E-state index >= 15 is 0 Å². The molecule has 0 saturated heterocycles. The van der Waals surface area contributed by atoms with Gasteiger partial charge in [-0.25, -0.2) is 4.39 Å². The average molecular weight is 287 g/mol. The molecule has 5 heteroatoms. The molecule has 1 amide bonds. The van der Waals surface area contributed by atoms with Crippen molar-refractivity contribution < 1.29 is 9.18 Å². The van der Waals surface area contributed by atoms with Crippen molar-refractivity contribution in [3.8, 4) is 0 Å². The van der Waals surface area contributed by atoms with E-state index in [1.165, 1.54) is 6.07 Å². The first-order valence-corrected chi connectivity index (χ1v) is 5.84. The Morgan fingerprint density at radius 2 is 2.19 bits per heavy atom. The Balaban J connectivity index is 2.52. The monoisotopic (exact) mass is 286 g/mol. The summed E-state index contributed by atoms with van der Waals surface area (Å²) in [5.41, 5.74) is 1.38. The molecule has 0 bridgehead atoms. The van der Waals surface area contributed by atoms with Crippen molar-refractivity contribution in [2.75, 3.05) is 16.8 Å². The van der Waals surface area contributed by atoms with Crippen LogP contribution in [0.1, 0.15) is 13.8 Å². The van der Waals surface area contributed by atoms with Gasteiger partial charge in [0.2, 0.25) is 5.91 Å². The smallest absolute Gasteiger partial charge is 0.243 e. The van der Waals surface area contributed by atoms with E-state index in [0.29, 0.717) is 16.7 Å². The second kappa shape index (κ2) is 4.05. The molecule has 0 radical (unpaired) electrons. The lowest BCUT2D eigenvalue weighted by molar-refractivity contribution is -0.115. The van der Waals surface area contributed by atoms with Crippen LogP contribution in [0.3, 0.4) is 0 Å². The highest BCUT2D eigenvalue weighted by molar-refractivity contribution is 9.10. The normalized spacial score (nSPS) is 15.1. The fourth-order valence-corrected chi connectivity index (χ4v) is 2.10. The highest BCUT2D eigenvalue weighted by Crippen LogP contribution is 2.35. The van der Waals surface area contributed by atoms with Crippen LogP contribution in [-0.2, 0) is 4.79 Å². The Morgan fingerprint density at radius 3 is 2.81 bits per heavy atom. The molecule has 0 aliphatic carbocycles. The summed E-state index contributed by atoms with van der Waals surface area (Å²) >= 11 is 3.15. The molecule has 1 aromatic rings. The number of rotatable bonds is 1. The average Bonchev–Trinajstić information content (AvgIpc) is 2.19. The van der Waals surface area contributed by atoms with Crippen LogP contribution in [0.25, 0.3) is 0 Å². The van der Waals surface area contributed by atoms with E-state index in [0.717, 1.165) is 5.69 Å². The van der Waals surface area contributed by atoms with Crippen molar-refractivity contribution in [2.24, 2.45) is 0 Å². The molecule has 86 valence electrons. The highest BCUT2D eigenvalue weighted by atomic mass is 79.9. The Hall–Kier alpha value is -1.10. The number of nitrogens with zero attached hydrogens (tertiary/aromatic N) is 1. The second-order valence-electron chi connectivity index (χ2n) is 4.05. The molecule has 16 heavy (non-hydrogen) atoms. The minimum Gasteiger partial charge on any atom is -0.358 e. The molecule has 1 heterocycles. The second-order valence-corrected chi connectivity index (χ2v) is 4.91. The van der Waals surface area contributed by atoms with Crippen LogP contribution in [-0.4, -0.2) is 18.5 Å². The van der Waals surface area contributed by atoms with Crippen LogP contribution in [0.5, 0.6) is 0 Å². The van der Waals surface area contributed by atoms with Crippen LogP contribution in [0.2, 0.25) is 0 Å². The van der Waals surface area contributed by atoms with E-state index in [2.05, 4.69) is 21.2 Å². The third kappa shape index (κ3) is 1.91. The van der Waals surface area contributed by atoms with Gasteiger partial charge in [-0.15, -0.1) is 0 Å². The summed E-state index contributed by atoms with van der Waals surface area (Å²) in [5, 5.41) is 2.67. The van der Waals surface area contributed by atoms with Gasteiger partial charge in [-0.1, -0.05) is 0 Å². The Morgan fingerprint density at radius 1 is 1.50 bits per heavy atom. The summed E-state index contributed by atoms with van der Waals surface area (Å²) < 4.78 is 13.8. The number of amides is 1. The van der Waals surface area contributed by atoms with E-state index in [1.807, 2.05) is 18.7 Å². The number of nitrogens with one attached hydrogen (secondary N) is 1. The van der Waals surface area contributed by atoms with E-state index < -0.39 is 0 Å². The van der Waals surface area contributed by atoms with Crippen molar-refractivity contribution in [3.63, 3.8) is 0 Å². The van der Waals surface area contributed by atoms with E-state index in [9.17, 15) is 9.18 Å². The van der Waals surface area contributed by atoms with Gasteiger partial charge in [0, 0.05) is 12.1 Å². The molecule has 1 aliphatic rings. The van der Waals surface area contributed by atoms with Crippen LogP contribution in [0, 0.1) is 5.82 Å². The van der Waals surface area contributed by atoms with E-state index in [-0.39, 0.29) is 17.8 Å². The third-order valence-electron chi connectivity index (χ3n) is 2.56. The number of anilines is 2. The minimum atomic E-state index is -0.371. The summed E-state index contributed by atoms with van der Waals surface area (Å²) in [7, 11) is 0. The molecule has 0 aromatic heterocycles. The predicted octanol–water partition coefficient (Wildman–Crippen LogP) is 2.76. The van der Waals surface area contributed by atoms with Gasteiger partial charge < -0.3 is 10.2 Å². The molecule has 3 nitrogen and oxygen atoms in total. The number of benzene rings is 1. The molecule has 0 atom stereocenters. The highest BCUT2D eigenvalue weighted by Gasteiger charge is 2.25. The molecule has 1 aromatic carbocycles. The zero-order valence-electron chi connectivity index (χ0n) is 9.05. The van der Waals surface area contributed by atoms with Gasteiger partial charge in [-0.3, -0.25) is 4.79 Å². The Kier molecular flexibility index (Phi) is 2.88. The van der Waals surface area contributed by atoms with Crippen molar-refractivity contribution in [3.05, 3.63) is 22.4 Å². The summed E-state index contributed by atoms with van der Waals surface area (Å²) in [6, 6.07) is 3.23. The SMILES string of the molecule is CC(C)N1CC(=O)Nc2cc(F)c(Br)cc21. The van der Waals surface area contributed by atoms with Crippen LogP contribution < -0.4 is 10.2 Å². The number of carbonyl (C=O) groups excluding carboxylic acids is 1. The summed E-state index contributed by atoms with van der Waals surface area (Å²) in [6.45, 7) is 4.31. The molecule has 0 fully saturated rings. The van der Waals surface area contributed by atoms with Gasteiger partial charge in [0.15, 0.2) is 0 Å². The van der Waals surface area contributed by atoms with Gasteiger partial charge in [0.05, 0.1) is 22.4 Å². The number of hydrogen-bond donors (Lipinski definition) is 1. The van der Waals surface area contributed by atoms with Crippen molar-refractivity contribution >= 4 is 33.2 Å². The summed E-state index contributed by atoms with van der Waals surface area (Å²) in [5.74, 6) is -0.479. The Labute approximate surface area is 102 Å². The number of carbonyl (C=O) groups is 1. The Bertz CT molecular complexity index is 448. The van der Waals surface area contributed by atoms with Crippen molar-refractivity contribution in [1.29, 1.82) is 0 Å². The zero-order chi connectivity index (χ0) is 11.9. The largest absolute Gasteiger partial charge is 0.358 e. The number of halogens is 2. The fraction of sp³-hybridized carbons (Fsp3) is 0.364. The van der Waals surface area contributed by atoms with E-state index in [1.54, 1.807) is 6.07 Å². The predicted molar refractivity (Wildman–Crippen MR) is 65.2 cm³/mol. The first-order chi connectivity index (χ1) is 7.49. The van der Waals surface area contributed by atoms with Gasteiger partial charge in [0.25, 0.3) is 0 Å². The molecule has 2 rings (SSSR count). The molecule has 1 aliphatic heterocycles. The lowest BCUT2D eigenvalue weighted by Crippen LogP contribution is -2.42. The molecule has 0 unspecified atom stereocenters. The zero-order valence-corrected chi connectivity index (χ0v) is 10.6. The van der Waals surface area contributed by atoms with Crippen molar-refractivity contribution in [2.45, 2.75) is 19.9 Å². The van der Waals surface area contributed by atoms with Crippen molar-refractivity contribution in [1.82, 2.24) is 0 Å². The fourth-order valence-electron chi connectivity index (χ4n) is 1.76. The first kappa shape index (κ1) is 11.4. The molecule has 0 spiro atoms. The topological polar surface area (TPSA) is 32.3 Å². The van der Waals surface area contributed by atoms with Gasteiger partial charge in [-0.2, -0.15) is 0 Å². The summed E-state index contributed by atoms with van der Waals surface area (Å²) in [4.78, 5) is 13.4. The number of fused-ring (bicyclic) bond motifs is 1. The van der Waals surface area contributed by atoms with Gasteiger partial charge in [-0.05, 0) is 35.8 Å². The van der Waals surface area contributed by atoms with E-state index in [4.69, 9.17) is 0 Å². The van der Waals surface area contributed by atoms with Crippen LogP contribution >= 0.6 is 15.9 Å².